The van der Waals surface area contributed by atoms with Crippen LogP contribution in [-0.4, -0.2) is 74.7 Å². The standard InChI is InChI=1S/C25H34N4O3S/c1-20-8-9-23(33(31,32)29-14-12-27(2)13-15-29)17-24(20)25(30)26-18-21-6-5-7-22(16-21)19-28-10-3-4-11-28/h5-9,16-17H,3-4,10-15,18-19H2,1-2H3,(H,26,30). The van der Waals surface area contributed by atoms with E-state index in [1.54, 1.807) is 12.1 Å². The number of rotatable bonds is 7. The normalized spacial score (nSPS) is 18.5. The highest BCUT2D eigenvalue weighted by atomic mass is 32.2. The van der Waals surface area contributed by atoms with Crippen LogP contribution in [0, 0.1) is 6.92 Å². The van der Waals surface area contributed by atoms with Gasteiger partial charge in [-0.25, -0.2) is 8.42 Å². The van der Waals surface area contributed by atoms with Crippen LogP contribution in [0.4, 0.5) is 0 Å². The van der Waals surface area contributed by atoms with E-state index >= 15 is 0 Å². The van der Waals surface area contributed by atoms with Crippen LogP contribution in [0.5, 0.6) is 0 Å². The van der Waals surface area contributed by atoms with Crippen LogP contribution in [0.1, 0.15) is 39.9 Å². The molecule has 0 spiro atoms. The molecule has 2 aliphatic heterocycles. The highest BCUT2D eigenvalue weighted by Crippen LogP contribution is 2.21. The molecule has 178 valence electrons. The van der Waals surface area contributed by atoms with Crippen molar-refractivity contribution in [3.8, 4) is 0 Å². The van der Waals surface area contributed by atoms with Crippen LogP contribution < -0.4 is 5.32 Å². The number of hydrogen-bond donors (Lipinski definition) is 1. The number of benzene rings is 2. The topological polar surface area (TPSA) is 73.0 Å². The molecule has 0 aliphatic carbocycles. The van der Waals surface area contributed by atoms with Crippen molar-refractivity contribution < 1.29 is 13.2 Å². The van der Waals surface area contributed by atoms with E-state index in [-0.39, 0.29) is 10.8 Å². The maximum absolute atomic E-state index is 13.1. The summed E-state index contributed by atoms with van der Waals surface area (Å²) in [6.45, 7) is 7.79. The van der Waals surface area contributed by atoms with Crippen molar-refractivity contribution in [1.29, 1.82) is 0 Å². The van der Waals surface area contributed by atoms with Gasteiger partial charge < -0.3 is 10.2 Å². The van der Waals surface area contributed by atoms with Crippen molar-refractivity contribution in [2.45, 2.75) is 37.8 Å². The summed E-state index contributed by atoms with van der Waals surface area (Å²) in [5.74, 6) is -0.257. The maximum Gasteiger partial charge on any atom is 0.251 e. The van der Waals surface area contributed by atoms with Crippen molar-refractivity contribution in [2.24, 2.45) is 0 Å². The molecule has 0 atom stereocenters. The third kappa shape index (κ3) is 5.81. The Balaban J connectivity index is 1.43. The van der Waals surface area contributed by atoms with Crippen LogP contribution in [0.2, 0.25) is 0 Å². The van der Waals surface area contributed by atoms with E-state index in [2.05, 4.69) is 27.2 Å². The molecule has 2 aromatic rings. The number of piperazine rings is 1. The monoisotopic (exact) mass is 470 g/mol. The quantitative estimate of drug-likeness (QED) is 0.673. The van der Waals surface area contributed by atoms with Gasteiger partial charge in [-0.15, -0.1) is 0 Å². The fourth-order valence-corrected chi connectivity index (χ4v) is 5.95. The zero-order chi connectivity index (χ0) is 23.4. The minimum Gasteiger partial charge on any atom is -0.348 e. The van der Waals surface area contributed by atoms with E-state index in [1.165, 1.54) is 28.8 Å². The minimum atomic E-state index is -3.62. The van der Waals surface area contributed by atoms with Crippen LogP contribution >= 0.6 is 0 Å². The van der Waals surface area contributed by atoms with Crippen LogP contribution in [-0.2, 0) is 23.1 Å². The predicted molar refractivity (Wildman–Crippen MR) is 130 cm³/mol. The molecular formula is C25H34N4O3S. The Kier molecular flexibility index (Phi) is 7.48. The van der Waals surface area contributed by atoms with Gasteiger partial charge in [0.05, 0.1) is 4.90 Å². The lowest BCUT2D eigenvalue weighted by Crippen LogP contribution is -2.47. The van der Waals surface area contributed by atoms with Crippen molar-refractivity contribution in [3.63, 3.8) is 0 Å². The van der Waals surface area contributed by atoms with Crippen LogP contribution in [0.3, 0.4) is 0 Å². The van der Waals surface area contributed by atoms with E-state index < -0.39 is 10.0 Å². The second kappa shape index (κ2) is 10.3. The number of likely N-dealkylation sites (N-methyl/N-ethyl adjacent to an activating group) is 1. The van der Waals surface area contributed by atoms with Gasteiger partial charge in [0, 0.05) is 44.8 Å². The molecule has 2 aliphatic rings. The highest BCUT2D eigenvalue weighted by Gasteiger charge is 2.28. The molecule has 8 heteroatoms. The van der Waals surface area contributed by atoms with Gasteiger partial charge in [-0.2, -0.15) is 4.31 Å². The molecule has 2 aromatic carbocycles. The zero-order valence-electron chi connectivity index (χ0n) is 19.6. The predicted octanol–water partition coefficient (Wildman–Crippen LogP) is 2.46. The number of sulfonamides is 1. The molecule has 0 unspecified atom stereocenters. The summed E-state index contributed by atoms with van der Waals surface area (Å²) in [4.78, 5) is 17.7. The molecule has 0 aromatic heterocycles. The third-order valence-electron chi connectivity index (χ3n) is 6.60. The van der Waals surface area contributed by atoms with E-state index in [0.717, 1.165) is 30.8 Å². The maximum atomic E-state index is 13.1. The van der Waals surface area contributed by atoms with Crippen molar-refractivity contribution >= 4 is 15.9 Å². The molecule has 0 bridgehead atoms. The van der Waals surface area contributed by atoms with Gasteiger partial charge in [0.1, 0.15) is 0 Å². The number of carbonyl (C=O) groups is 1. The fourth-order valence-electron chi connectivity index (χ4n) is 4.50. The molecule has 0 radical (unpaired) electrons. The Bertz CT molecular complexity index is 1090. The molecule has 2 fully saturated rings. The molecule has 1 N–H and O–H groups in total. The SMILES string of the molecule is Cc1ccc(S(=O)(=O)N2CCN(C)CC2)cc1C(=O)NCc1cccc(CN2CCCC2)c1. The van der Waals surface area contributed by atoms with Gasteiger partial charge in [-0.3, -0.25) is 9.69 Å². The van der Waals surface area contributed by atoms with Crippen LogP contribution in [0.15, 0.2) is 47.4 Å². The second-order valence-corrected chi connectivity index (χ2v) is 11.1. The summed E-state index contributed by atoms with van der Waals surface area (Å²) in [6.07, 6.45) is 2.53. The Morgan fingerprint density at radius 2 is 1.64 bits per heavy atom. The summed E-state index contributed by atoms with van der Waals surface area (Å²) in [7, 11) is -1.63. The Labute approximate surface area is 197 Å². The van der Waals surface area contributed by atoms with Gasteiger partial charge in [0.2, 0.25) is 10.0 Å². The largest absolute Gasteiger partial charge is 0.348 e. The highest BCUT2D eigenvalue weighted by molar-refractivity contribution is 7.89. The number of likely N-dealkylation sites (tertiary alicyclic amines) is 1. The number of aryl methyl sites for hydroxylation is 1. The van der Waals surface area contributed by atoms with Crippen molar-refractivity contribution in [2.75, 3.05) is 46.3 Å². The molecular weight excluding hydrogens is 436 g/mol. The first-order valence-corrected chi connectivity index (χ1v) is 13.1. The zero-order valence-corrected chi connectivity index (χ0v) is 20.4. The van der Waals surface area contributed by atoms with Gasteiger partial charge >= 0.3 is 0 Å². The summed E-state index contributed by atoms with van der Waals surface area (Å²) >= 11 is 0. The summed E-state index contributed by atoms with van der Waals surface area (Å²) < 4.78 is 27.7. The van der Waals surface area contributed by atoms with E-state index in [0.29, 0.717) is 38.3 Å². The Hall–Kier alpha value is -2.26. The molecule has 2 heterocycles. The number of nitrogens with one attached hydrogen (secondary N) is 1. The van der Waals surface area contributed by atoms with Gasteiger partial charge in [0.25, 0.3) is 5.91 Å². The van der Waals surface area contributed by atoms with E-state index in [1.807, 2.05) is 26.1 Å². The smallest absolute Gasteiger partial charge is 0.251 e. The van der Waals surface area contributed by atoms with Crippen LogP contribution in [0.25, 0.3) is 0 Å². The summed E-state index contributed by atoms with van der Waals surface area (Å²) in [6, 6.07) is 13.1. The number of carbonyl (C=O) groups excluding carboxylic acids is 1. The minimum absolute atomic E-state index is 0.176. The molecule has 1 amide bonds. The molecule has 0 saturated carbocycles. The van der Waals surface area contributed by atoms with E-state index in [9.17, 15) is 13.2 Å². The van der Waals surface area contributed by atoms with Gasteiger partial charge in [-0.05, 0) is 68.7 Å². The summed E-state index contributed by atoms with van der Waals surface area (Å²) in [5, 5.41) is 2.97. The first-order chi connectivity index (χ1) is 15.8. The second-order valence-electron chi connectivity index (χ2n) is 9.17. The Morgan fingerprint density at radius 3 is 2.36 bits per heavy atom. The average molecular weight is 471 g/mol. The third-order valence-corrected chi connectivity index (χ3v) is 8.50. The fraction of sp³-hybridized carbons (Fsp3) is 0.480. The van der Waals surface area contributed by atoms with Gasteiger partial charge in [-0.1, -0.05) is 30.3 Å². The number of amides is 1. The lowest BCUT2D eigenvalue weighted by Gasteiger charge is -2.31. The molecule has 2 saturated heterocycles. The van der Waals surface area contributed by atoms with Crippen molar-refractivity contribution in [1.82, 2.24) is 19.4 Å². The molecule has 4 rings (SSSR count). The number of hydrogen-bond acceptors (Lipinski definition) is 5. The molecule has 7 nitrogen and oxygen atoms in total. The first kappa shape index (κ1) is 23.9. The summed E-state index contributed by atoms with van der Waals surface area (Å²) in [5.41, 5.74) is 3.45. The van der Waals surface area contributed by atoms with Crippen molar-refractivity contribution in [3.05, 3.63) is 64.7 Å². The Morgan fingerprint density at radius 1 is 0.939 bits per heavy atom. The number of nitrogens with zero attached hydrogens (tertiary/aromatic N) is 3. The van der Waals surface area contributed by atoms with E-state index in [4.69, 9.17) is 0 Å². The molecule has 33 heavy (non-hydrogen) atoms. The van der Waals surface area contributed by atoms with Gasteiger partial charge in [0.15, 0.2) is 0 Å². The average Bonchev–Trinajstić information content (AvgIpc) is 3.31. The first-order valence-electron chi connectivity index (χ1n) is 11.7. The lowest BCUT2D eigenvalue weighted by atomic mass is 10.1. The lowest BCUT2D eigenvalue weighted by molar-refractivity contribution is 0.0950.